The molecule has 0 aliphatic carbocycles. The Morgan fingerprint density at radius 3 is 2.65 bits per heavy atom. The number of carboxylic acid groups (broad SMARTS) is 1. The van der Waals surface area contributed by atoms with Crippen molar-refractivity contribution in [3.63, 3.8) is 0 Å². The first kappa shape index (κ1) is 15.7. The van der Waals surface area contributed by atoms with Crippen LogP contribution in [0.5, 0.6) is 0 Å². The van der Waals surface area contributed by atoms with Gasteiger partial charge >= 0.3 is 5.97 Å². The topological polar surface area (TPSA) is 75.4 Å². The Hall–Kier alpha value is -2.21. The van der Waals surface area contributed by atoms with Crippen LogP contribution >= 0.6 is 0 Å². The van der Waals surface area contributed by atoms with E-state index in [0.29, 0.717) is 38.0 Å². The van der Waals surface area contributed by atoms with Crippen molar-refractivity contribution >= 4 is 22.8 Å². The number of Topliss-reactive ketones (excluding diaryl/α,β-unsaturated/α-hetero) is 1. The van der Waals surface area contributed by atoms with Crippen LogP contribution < -0.4 is 0 Å². The van der Waals surface area contributed by atoms with Crippen molar-refractivity contribution in [3.05, 3.63) is 29.6 Å². The minimum absolute atomic E-state index is 0.0592. The van der Waals surface area contributed by atoms with Gasteiger partial charge in [0.1, 0.15) is 5.82 Å². The molecule has 1 N–H and O–H groups in total. The van der Waals surface area contributed by atoms with Crippen molar-refractivity contribution in [2.24, 2.45) is 13.0 Å². The number of benzene rings is 1. The Labute approximate surface area is 134 Å². The minimum Gasteiger partial charge on any atom is -0.481 e. The summed E-state index contributed by atoms with van der Waals surface area (Å²) in [5.74, 6) is -0.0227. The van der Waals surface area contributed by atoms with Crippen LogP contribution in [0.4, 0.5) is 0 Å². The SMILES string of the molecule is Cc1nc2cc(C(=O)CN3CCC(C(=O)O)CC3)ccc2n1C. The van der Waals surface area contributed by atoms with Crippen LogP contribution in [0.25, 0.3) is 11.0 Å². The molecule has 23 heavy (non-hydrogen) atoms. The molecule has 6 heteroatoms. The smallest absolute Gasteiger partial charge is 0.306 e. The van der Waals surface area contributed by atoms with Gasteiger partial charge in [-0.15, -0.1) is 0 Å². The normalized spacial score (nSPS) is 16.8. The van der Waals surface area contributed by atoms with Gasteiger partial charge in [-0.1, -0.05) is 0 Å². The van der Waals surface area contributed by atoms with Crippen molar-refractivity contribution in [1.29, 1.82) is 0 Å². The zero-order valence-electron chi connectivity index (χ0n) is 13.5. The first-order valence-corrected chi connectivity index (χ1v) is 7.87. The van der Waals surface area contributed by atoms with Gasteiger partial charge in [0.25, 0.3) is 0 Å². The molecule has 0 atom stereocenters. The molecular weight excluding hydrogens is 294 g/mol. The molecule has 3 rings (SSSR count). The first-order valence-electron chi connectivity index (χ1n) is 7.87. The summed E-state index contributed by atoms with van der Waals surface area (Å²) in [6.45, 7) is 3.60. The van der Waals surface area contributed by atoms with Crippen LogP contribution in [0.3, 0.4) is 0 Å². The first-order chi connectivity index (χ1) is 11.0. The quantitative estimate of drug-likeness (QED) is 0.872. The minimum atomic E-state index is -0.730. The van der Waals surface area contributed by atoms with Crippen LogP contribution in [-0.2, 0) is 11.8 Å². The van der Waals surface area contributed by atoms with Gasteiger partial charge in [0, 0.05) is 12.6 Å². The molecular formula is C17H21N3O3. The molecule has 1 aromatic carbocycles. The number of rotatable bonds is 4. The number of imidazole rings is 1. The highest BCUT2D eigenvalue weighted by Crippen LogP contribution is 2.19. The summed E-state index contributed by atoms with van der Waals surface area (Å²) in [5, 5.41) is 9.01. The number of carbonyl (C=O) groups is 2. The molecule has 1 fully saturated rings. The number of carboxylic acids is 1. The van der Waals surface area contributed by atoms with E-state index in [4.69, 9.17) is 5.11 Å². The number of nitrogens with zero attached hydrogens (tertiary/aromatic N) is 3. The third-order valence-corrected chi connectivity index (χ3v) is 4.73. The van der Waals surface area contributed by atoms with Crippen molar-refractivity contribution in [3.8, 4) is 0 Å². The summed E-state index contributed by atoms with van der Waals surface area (Å²) in [6.07, 6.45) is 1.22. The van der Waals surface area contributed by atoms with Crippen molar-refractivity contribution < 1.29 is 14.7 Å². The number of ketones is 1. The number of aromatic nitrogens is 2. The molecule has 1 aliphatic rings. The molecule has 1 aliphatic heterocycles. The lowest BCUT2D eigenvalue weighted by Crippen LogP contribution is -2.39. The van der Waals surface area contributed by atoms with E-state index in [2.05, 4.69) is 4.98 Å². The maximum atomic E-state index is 12.5. The molecule has 1 aromatic heterocycles. The Kier molecular flexibility index (Phi) is 4.17. The summed E-state index contributed by atoms with van der Waals surface area (Å²) < 4.78 is 2.00. The molecule has 0 unspecified atom stereocenters. The number of hydrogen-bond acceptors (Lipinski definition) is 4. The number of hydrogen-bond donors (Lipinski definition) is 1. The van der Waals surface area contributed by atoms with Crippen molar-refractivity contribution in [2.75, 3.05) is 19.6 Å². The van der Waals surface area contributed by atoms with E-state index in [1.54, 1.807) is 0 Å². The number of likely N-dealkylation sites (tertiary alicyclic amines) is 1. The van der Waals surface area contributed by atoms with Gasteiger partial charge in [-0.3, -0.25) is 14.5 Å². The summed E-state index contributed by atoms with van der Waals surface area (Å²) in [6, 6.07) is 5.61. The van der Waals surface area contributed by atoms with Gasteiger partial charge in [0.15, 0.2) is 5.78 Å². The Balaban J connectivity index is 1.68. The standard InChI is InChI=1S/C17H21N3O3/c1-11-18-14-9-13(3-4-15(14)19(11)2)16(21)10-20-7-5-12(6-8-20)17(22)23/h3-4,9,12H,5-8,10H2,1-2H3,(H,22,23). The van der Waals surface area contributed by atoms with Gasteiger partial charge in [0.05, 0.1) is 23.5 Å². The number of aliphatic carboxylic acids is 1. The number of fused-ring (bicyclic) bond motifs is 1. The molecule has 1 saturated heterocycles. The predicted molar refractivity (Wildman–Crippen MR) is 86.6 cm³/mol. The Morgan fingerprint density at radius 1 is 1.30 bits per heavy atom. The second-order valence-corrected chi connectivity index (χ2v) is 6.23. The predicted octanol–water partition coefficient (Wildman–Crippen LogP) is 1.86. The lowest BCUT2D eigenvalue weighted by molar-refractivity contribution is -0.143. The molecule has 2 aromatic rings. The van der Waals surface area contributed by atoms with Gasteiger partial charge in [-0.2, -0.15) is 0 Å². The van der Waals surface area contributed by atoms with E-state index in [1.165, 1.54) is 0 Å². The van der Waals surface area contributed by atoms with Gasteiger partial charge in [-0.05, 0) is 51.1 Å². The molecule has 0 bridgehead atoms. The highest BCUT2D eigenvalue weighted by atomic mass is 16.4. The fourth-order valence-corrected chi connectivity index (χ4v) is 3.13. The van der Waals surface area contributed by atoms with Crippen LogP contribution in [0.2, 0.25) is 0 Å². The number of piperidine rings is 1. The van der Waals surface area contributed by atoms with Crippen molar-refractivity contribution in [2.45, 2.75) is 19.8 Å². The lowest BCUT2D eigenvalue weighted by atomic mass is 9.96. The molecule has 0 saturated carbocycles. The molecule has 0 spiro atoms. The third-order valence-electron chi connectivity index (χ3n) is 4.73. The number of carbonyl (C=O) groups excluding carboxylic acids is 1. The average Bonchev–Trinajstić information content (AvgIpc) is 2.82. The lowest BCUT2D eigenvalue weighted by Gasteiger charge is -2.29. The zero-order valence-corrected chi connectivity index (χ0v) is 13.5. The second-order valence-electron chi connectivity index (χ2n) is 6.23. The molecule has 0 amide bonds. The maximum Gasteiger partial charge on any atom is 0.306 e. The van der Waals surface area contributed by atoms with E-state index in [9.17, 15) is 9.59 Å². The van der Waals surface area contributed by atoms with E-state index in [-0.39, 0.29) is 11.7 Å². The molecule has 0 radical (unpaired) electrons. The largest absolute Gasteiger partial charge is 0.481 e. The molecule has 122 valence electrons. The van der Waals surface area contributed by atoms with Crippen LogP contribution in [0.1, 0.15) is 29.0 Å². The summed E-state index contributed by atoms with van der Waals surface area (Å²) in [7, 11) is 1.96. The highest BCUT2D eigenvalue weighted by Gasteiger charge is 2.25. The maximum absolute atomic E-state index is 12.5. The highest BCUT2D eigenvalue weighted by molar-refractivity contribution is 6.00. The summed E-state index contributed by atoms with van der Waals surface area (Å²) in [4.78, 5) is 29.9. The average molecular weight is 315 g/mol. The summed E-state index contributed by atoms with van der Waals surface area (Å²) in [5.41, 5.74) is 2.51. The van der Waals surface area contributed by atoms with Gasteiger partial charge < -0.3 is 9.67 Å². The monoisotopic (exact) mass is 315 g/mol. The van der Waals surface area contributed by atoms with E-state index in [1.807, 2.05) is 41.6 Å². The van der Waals surface area contributed by atoms with E-state index >= 15 is 0 Å². The van der Waals surface area contributed by atoms with Crippen molar-refractivity contribution in [1.82, 2.24) is 14.5 Å². The van der Waals surface area contributed by atoms with Crippen LogP contribution in [0, 0.1) is 12.8 Å². The third kappa shape index (κ3) is 3.12. The van der Waals surface area contributed by atoms with E-state index < -0.39 is 5.97 Å². The van der Waals surface area contributed by atoms with Gasteiger partial charge in [-0.25, -0.2) is 4.98 Å². The van der Waals surface area contributed by atoms with E-state index in [0.717, 1.165) is 16.9 Å². The van der Waals surface area contributed by atoms with Gasteiger partial charge in [0.2, 0.25) is 0 Å². The molecule has 6 nitrogen and oxygen atoms in total. The molecule has 2 heterocycles. The zero-order chi connectivity index (χ0) is 16.6. The fraction of sp³-hybridized carbons (Fsp3) is 0.471. The number of aryl methyl sites for hydroxylation is 2. The van der Waals surface area contributed by atoms with Crippen LogP contribution in [0.15, 0.2) is 18.2 Å². The Morgan fingerprint density at radius 2 is 2.00 bits per heavy atom. The fourth-order valence-electron chi connectivity index (χ4n) is 3.13. The Bertz CT molecular complexity index is 758. The summed E-state index contributed by atoms with van der Waals surface area (Å²) >= 11 is 0. The second kappa shape index (κ2) is 6.12. The van der Waals surface area contributed by atoms with Crippen LogP contribution in [-0.4, -0.2) is 50.9 Å².